The Balaban J connectivity index is 1.89. The number of pyridine rings is 1. The van der Waals surface area contributed by atoms with Crippen LogP contribution in [0.5, 0.6) is 0 Å². The van der Waals surface area contributed by atoms with Crippen LogP contribution in [0.4, 0.5) is 18.9 Å². The molecule has 1 amide bonds. The number of halogens is 3. The van der Waals surface area contributed by atoms with E-state index >= 15 is 0 Å². The fourth-order valence-corrected chi connectivity index (χ4v) is 2.85. The van der Waals surface area contributed by atoms with Gasteiger partial charge < -0.3 is 5.32 Å². The second kappa shape index (κ2) is 6.48. The van der Waals surface area contributed by atoms with Gasteiger partial charge in [0, 0.05) is 12.4 Å². The fraction of sp³-hybridized carbons (Fsp3) is 0.0625. The van der Waals surface area contributed by atoms with E-state index in [9.17, 15) is 18.0 Å². The van der Waals surface area contributed by atoms with Gasteiger partial charge in [-0.2, -0.15) is 13.2 Å². The van der Waals surface area contributed by atoms with Crippen LogP contribution < -0.4 is 5.32 Å². The summed E-state index contributed by atoms with van der Waals surface area (Å²) in [6.07, 6.45) is 0.278. The minimum absolute atomic E-state index is 0.108. The number of carbonyl (C=O) groups excluding carboxylic acids is 1. The Morgan fingerprint density at radius 1 is 1.12 bits per heavy atom. The summed E-state index contributed by atoms with van der Waals surface area (Å²) in [5.41, 5.74) is -0.323. The number of hydrogen-bond donors (Lipinski definition) is 1. The van der Waals surface area contributed by atoms with Gasteiger partial charge in [-0.25, -0.2) is 4.99 Å². The van der Waals surface area contributed by atoms with Gasteiger partial charge in [0.1, 0.15) is 0 Å². The zero-order chi connectivity index (χ0) is 17.2. The van der Waals surface area contributed by atoms with Crippen molar-refractivity contribution in [2.75, 3.05) is 0 Å². The topological polar surface area (TPSA) is 54.4 Å². The predicted octanol–water partition coefficient (Wildman–Crippen LogP) is 3.99. The Kier molecular flexibility index (Phi) is 4.39. The maximum atomic E-state index is 13.0. The van der Waals surface area contributed by atoms with Crippen molar-refractivity contribution in [1.29, 1.82) is 0 Å². The number of amides is 1. The molecule has 1 aliphatic heterocycles. The van der Waals surface area contributed by atoms with Crippen LogP contribution in [0.25, 0.3) is 6.08 Å². The molecule has 0 bridgehead atoms. The van der Waals surface area contributed by atoms with Gasteiger partial charge in [0.15, 0.2) is 5.17 Å². The van der Waals surface area contributed by atoms with E-state index in [4.69, 9.17) is 0 Å². The Morgan fingerprint density at radius 3 is 2.54 bits per heavy atom. The molecule has 0 atom stereocenters. The van der Waals surface area contributed by atoms with Crippen LogP contribution in [-0.4, -0.2) is 16.1 Å². The van der Waals surface area contributed by atoms with Crippen LogP contribution in [0.2, 0.25) is 0 Å². The molecule has 0 unspecified atom stereocenters. The molecule has 4 nitrogen and oxygen atoms in total. The minimum atomic E-state index is -4.51. The highest BCUT2D eigenvalue weighted by Crippen LogP contribution is 2.37. The second-order valence-corrected chi connectivity index (χ2v) is 5.81. The quantitative estimate of drug-likeness (QED) is 0.834. The van der Waals surface area contributed by atoms with E-state index in [1.165, 1.54) is 18.2 Å². The molecule has 1 N–H and O–H groups in total. The lowest BCUT2D eigenvalue weighted by atomic mass is 10.2. The molecule has 122 valence electrons. The van der Waals surface area contributed by atoms with E-state index in [0.717, 1.165) is 23.4 Å². The fourth-order valence-electron chi connectivity index (χ4n) is 2.01. The average molecular weight is 349 g/mol. The molecular formula is C16H10F3N3OS. The van der Waals surface area contributed by atoms with Crippen molar-refractivity contribution in [2.45, 2.75) is 6.18 Å². The summed E-state index contributed by atoms with van der Waals surface area (Å²) in [4.78, 5) is 20.1. The summed E-state index contributed by atoms with van der Waals surface area (Å²) in [6.45, 7) is 0. The lowest BCUT2D eigenvalue weighted by molar-refractivity contribution is -0.137. The molecule has 1 aliphatic rings. The number of rotatable bonds is 2. The van der Waals surface area contributed by atoms with Crippen molar-refractivity contribution in [3.63, 3.8) is 0 Å². The Morgan fingerprint density at radius 2 is 1.83 bits per heavy atom. The smallest absolute Gasteiger partial charge is 0.300 e. The van der Waals surface area contributed by atoms with Crippen LogP contribution in [0, 0.1) is 0 Å². The molecule has 0 aliphatic carbocycles. The average Bonchev–Trinajstić information content (AvgIpc) is 2.87. The molecule has 24 heavy (non-hydrogen) atoms. The molecule has 0 radical (unpaired) electrons. The van der Waals surface area contributed by atoms with Crippen LogP contribution in [0.3, 0.4) is 0 Å². The van der Waals surface area contributed by atoms with Crippen LogP contribution in [-0.2, 0) is 11.0 Å². The molecule has 8 heteroatoms. The lowest BCUT2D eigenvalue weighted by Crippen LogP contribution is -2.19. The zero-order valence-corrected chi connectivity index (χ0v) is 12.9. The molecule has 1 fully saturated rings. The predicted molar refractivity (Wildman–Crippen MR) is 86.5 cm³/mol. The molecule has 2 heterocycles. The molecule has 0 spiro atoms. The SMILES string of the molecule is O=C1NC(=Nc2ccccc2C(F)(F)F)S/C1=C\c1ccncc1. The van der Waals surface area contributed by atoms with Gasteiger partial charge in [0.25, 0.3) is 5.91 Å². The first-order valence-electron chi connectivity index (χ1n) is 6.79. The first kappa shape index (κ1) is 16.3. The summed E-state index contributed by atoms with van der Waals surface area (Å²) < 4.78 is 38.9. The van der Waals surface area contributed by atoms with Gasteiger partial charge in [0.05, 0.1) is 16.2 Å². The first-order chi connectivity index (χ1) is 11.4. The third-order valence-corrected chi connectivity index (χ3v) is 4.00. The molecule has 2 aromatic rings. The monoisotopic (exact) mass is 349 g/mol. The number of hydrogen-bond acceptors (Lipinski definition) is 4. The summed E-state index contributed by atoms with van der Waals surface area (Å²) >= 11 is 0.990. The molecule has 1 aromatic carbocycles. The van der Waals surface area contributed by atoms with E-state index in [0.29, 0.717) is 4.91 Å². The van der Waals surface area contributed by atoms with Gasteiger partial charge in [0.2, 0.25) is 0 Å². The summed E-state index contributed by atoms with van der Waals surface area (Å²) in [7, 11) is 0. The number of aliphatic imine (C=N–C) groups is 1. The number of para-hydroxylation sites is 1. The molecule has 1 aromatic heterocycles. The molecule has 3 rings (SSSR count). The third-order valence-electron chi connectivity index (χ3n) is 3.09. The molecule has 1 saturated heterocycles. The van der Waals surface area contributed by atoms with Gasteiger partial charge >= 0.3 is 6.18 Å². The summed E-state index contributed by atoms with van der Waals surface area (Å²) in [5.74, 6) is -0.403. The Bertz CT molecular complexity index is 832. The minimum Gasteiger partial charge on any atom is -0.300 e. The molecular weight excluding hydrogens is 339 g/mol. The van der Waals surface area contributed by atoms with Crippen molar-refractivity contribution in [3.8, 4) is 0 Å². The van der Waals surface area contributed by atoms with Crippen molar-refractivity contribution >= 4 is 34.6 Å². The van der Waals surface area contributed by atoms with Crippen molar-refractivity contribution in [2.24, 2.45) is 4.99 Å². The van der Waals surface area contributed by atoms with Gasteiger partial charge in [-0.05, 0) is 47.7 Å². The number of benzene rings is 1. The number of nitrogens with one attached hydrogen (secondary N) is 1. The Hall–Kier alpha value is -2.61. The highest BCUT2D eigenvalue weighted by atomic mass is 32.2. The normalized spacial score (nSPS) is 18.2. The maximum Gasteiger partial charge on any atom is 0.418 e. The van der Waals surface area contributed by atoms with Crippen molar-refractivity contribution in [3.05, 3.63) is 64.8 Å². The van der Waals surface area contributed by atoms with E-state index < -0.39 is 17.6 Å². The number of amidine groups is 1. The van der Waals surface area contributed by atoms with Crippen molar-refractivity contribution in [1.82, 2.24) is 10.3 Å². The number of nitrogens with zero attached hydrogens (tertiary/aromatic N) is 2. The highest BCUT2D eigenvalue weighted by Gasteiger charge is 2.34. The van der Waals surface area contributed by atoms with Crippen LogP contribution >= 0.6 is 11.8 Å². The standard InChI is InChI=1S/C16H10F3N3OS/c17-16(18,19)11-3-1-2-4-12(11)21-15-22-14(23)13(24-15)9-10-5-7-20-8-6-10/h1-9H,(H,21,22,23)/b13-9-. The highest BCUT2D eigenvalue weighted by molar-refractivity contribution is 8.18. The van der Waals surface area contributed by atoms with E-state index in [1.54, 1.807) is 30.6 Å². The number of thioether (sulfide) groups is 1. The summed E-state index contributed by atoms with van der Waals surface area (Å²) in [6, 6.07) is 8.40. The third kappa shape index (κ3) is 3.65. The zero-order valence-electron chi connectivity index (χ0n) is 12.0. The lowest BCUT2D eigenvalue weighted by Gasteiger charge is -2.09. The first-order valence-corrected chi connectivity index (χ1v) is 7.61. The summed E-state index contributed by atoms with van der Waals surface area (Å²) in [5, 5.41) is 2.58. The van der Waals surface area contributed by atoms with Crippen LogP contribution in [0.1, 0.15) is 11.1 Å². The Labute approximate surface area is 139 Å². The van der Waals surface area contributed by atoms with E-state index in [-0.39, 0.29) is 10.9 Å². The van der Waals surface area contributed by atoms with Gasteiger partial charge in [-0.3, -0.25) is 9.78 Å². The van der Waals surface area contributed by atoms with E-state index in [1.807, 2.05) is 0 Å². The second-order valence-electron chi connectivity index (χ2n) is 4.78. The number of aromatic nitrogens is 1. The van der Waals surface area contributed by atoms with Crippen LogP contribution in [0.15, 0.2) is 58.7 Å². The van der Waals surface area contributed by atoms with E-state index in [2.05, 4.69) is 15.3 Å². The molecule has 0 saturated carbocycles. The maximum absolute atomic E-state index is 13.0. The van der Waals surface area contributed by atoms with Crippen molar-refractivity contribution < 1.29 is 18.0 Å². The largest absolute Gasteiger partial charge is 0.418 e. The van der Waals surface area contributed by atoms with Gasteiger partial charge in [-0.15, -0.1) is 0 Å². The number of alkyl halides is 3. The van der Waals surface area contributed by atoms with Gasteiger partial charge in [-0.1, -0.05) is 12.1 Å². The number of carbonyl (C=O) groups is 1.